The summed E-state index contributed by atoms with van der Waals surface area (Å²) in [6, 6.07) is 3.92. The Morgan fingerprint density at radius 2 is 1.95 bits per heavy atom. The highest BCUT2D eigenvalue weighted by Gasteiger charge is 2.13. The molecule has 0 bridgehead atoms. The van der Waals surface area contributed by atoms with E-state index >= 15 is 0 Å². The summed E-state index contributed by atoms with van der Waals surface area (Å²) in [5.41, 5.74) is 5.40. The number of halogens is 3. The van der Waals surface area contributed by atoms with Gasteiger partial charge in [-0.25, -0.2) is 18.2 Å². The molecular weight excluding hydrogens is 271 g/mol. The fraction of sp³-hybridized carbons (Fsp3) is 0.0769. The molecule has 2 aromatic rings. The summed E-state index contributed by atoms with van der Waals surface area (Å²) < 4.78 is 39.1. The quantitative estimate of drug-likeness (QED) is 0.904. The highest BCUT2D eigenvalue weighted by atomic mass is 19.1. The molecule has 0 unspecified atom stereocenters. The van der Waals surface area contributed by atoms with Gasteiger partial charge in [-0.05, 0) is 12.1 Å². The molecule has 20 heavy (non-hydrogen) atoms. The summed E-state index contributed by atoms with van der Waals surface area (Å²) in [5, 5.41) is 2.36. The third-order valence-electron chi connectivity index (χ3n) is 2.58. The van der Waals surface area contributed by atoms with Gasteiger partial charge in [-0.2, -0.15) is 0 Å². The van der Waals surface area contributed by atoms with E-state index in [4.69, 9.17) is 5.73 Å². The van der Waals surface area contributed by atoms with Crippen molar-refractivity contribution in [3.05, 3.63) is 59.0 Å². The number of benzene rings is 1. The largest absolute Gasteiger partial charge is 0.383 e. The number of nitrogen functional groups attached to an aromatic ring is 1. The van der Waals surface area contributed by atoms with Crippen molar-refractivity contribution in [2.75, 3.05) is 5.73 Å². The molecule has 0 fully saturated rings. The van der Waals surface area contributed by atoms with E-state index in [2.05, 4.69) is 10.3 Å². The van der Waals surface area contributed by atoms with Gasteiger partial charge in [0.15, 0.2) is 0 Å². The normalized spacial score (nSPS) is 10.3. The number of rotatable bonds is 3. The first-order valence-corrected chi connectivity index (χ1v) is 5.60. The molecule has 1 aromatic heterocycles. The minimum absolute atomic E-state index is 0.0997. The maximum atomic E-state index is 13.4. The van der Waals surface area contributed by atoms with Crippen molar-refractivity contribution in [2.45, 2.75) is 6.54 Å². The molecule has 2 rings (SSSR count). The number of carbonyl (C=O) groups is 1. The van der Waals surface area contributed by atoms with Crippen LogP contribution in [0.3, 0.4) is 0 Å². The van der Waals surface area contributed by atoms with E-state index in [-0.39, 0.29) is 23.5 Å². The van der Waals surface area contributed by atoms with Crippen LogP contribution in [-0.4, -0.2) is 10.9 Å². The summed E-state index contributed by atoms with van der Waals surface area (Å²) in [7, 11) is 0. The van der Waals surface area contributed by atoms with Crippen LogP contribution >= 0.6 is 0 Å². The maximum absolute atomic E-state index is 13.4. The van der Waals surface area contributed by atoms with Gasteiger partial charge in [0.1, 0.15) is 23.3 Å². The number of anilines is 1. The number of hydrogen-bond donors (Lipinski definition) is 2. The third-order valence-corrected chi connectivity index (χ3v) is 2.58. The van der Waals surface area contributed by atoms with Crippen molar-refractivity contribution >= 4 is 11.7 Å². The van der Waals surface area contributed by atoms with Gasteiger partial charge in [-0.1, -0.05) is 6.07 Å². The second kappa shape index (κ2) is 5.60. The average Bonchev–Trinajstić information content (AvgIpc) is 2.40. The van der Waals surface area contributed by atoms with Crippen molar-refractivity contribution in [3.63, 3.8) is 0 Å². The molecule has 0 aliphatic heterocycles. The van der Waals surface area contributed by atoms with Crippen LogP contribution in [0.2, 0.25) is 0 Å². The van der Waals surface area contributed by atoms with Gasteiger partial charge in [-0.15, -0.1) is 0 Å². The van der Waals surface area contributed by atoms with E-state index in [0.717, 1.165) is 18.3 Å². The van der Waals surface area contributed by atoms with Crippen molar-refractivity contribution in [2.24, 2.45) is 0 Å². The lowest BCUT2D eigenvalue weighted by molar-refractivity contribution is 0.0950. The van der Waals surface area contributed by atoms with Crippen molar-refractivity contribution in [1.82, 2.24) is 10.3 Å². The van der Waals surface area contributed by atoms with Gasteiger partial charge in [0.05, 0.1) is 11.8 Å². The average molecular weight is 281 g/mol. The molecule has 1 amide bonds. The van der Waals surface area contributed by atoms with Crippen LogP contribution in [0.4, 0.5) is 19.0 Å². The molecule has 4 nitrogen and oxygen atoms in total. The summed E-state index contributed by atoms with van der Waals surface area (Å²) >= 11 is 0. The zero-order valence-corrected chi connectivity index (χ0v) is 10.2. The Morgan fingerprint density at radius 1 is 1.20 bits per heavy atom. The molecule has 0 atom stereocenters. The monoisotopic (exact) mass is 281 g/mol. The molecule has 3 N–H and O–H groups in total. The highest BCUT2D eigenvalue weighted by molar-refractivity contribution is 5.98. The summed E-state index contributed by atoms with van der Waals surface area (Å²) in [6.45, 7) is -0.180. The van der Waals surface area contributed by atoms with Crippen LogP contribution in [0.25, 0.3) is 0 Å². The van der Waals surface area contributed by atoms with Crippen LogP contribution in [0.5, 0.6) is 0 Å². The van der Waals surface area contributed by atoms with Crippen molar-refractivity contribution in [3.8, 4) is 0 Å². The van der Waals surface area contributed by atoms with E-state index in [9.17, 15) is 18.0 Å². The Morgan fingerprint density at radius 3 is 2.65 bits per heavy atom. The van der Waals surface area contributed by atoms with Crippen LogP contribution in [-0.2, 0) is 6.54 Å². The first-order chi connectivity index (χ1) is 9.47. The Labute approximate surface area is 112 Å². The van der Waals surface area contributed by atoms with Crippen LogP contribution in [0.15, 0.2) is 30.5 Å². The topological polar surface area (TPSA) is 68.0 Å². The molecule has 1 heterocycles. The summed E-state index contributed by atoms with van der Waals surface area (Å²) in [4.78, 5) is 15.3. The first-order valence-electron chi connectivity index (χ1n) is 5.60. The number of aromatic nitrogens is 1. The molecule has 0 spiro atoms. The minimum Gasteiger partial charge on any atom is -0.383 e. The predicted octanol–water partition coefficient (Wildman–Crippen LogP) is 2.01. The fourth-order valence-corrected chi connectivity index (χ4v) is 1.57. The molecule has 1 aromatic carbocycles. The number of carbonyl (C=O) groups excluding carboxylic acids is 1. The number of hydrogen-bond acceptors (Lipinski definition) is 3. The summed E-state index contributed by atoms with van der Waals surface area (Å²) in [6.07, 6.45) is 0.881. The van der Waals surface area contributed by atoms with Crippen molar-refractivity contribution < 1.29 is 18.0 Å². The molecule has 0 saturated carbocycles. The Hall–Kier alpha value is -2.57. The van der Waals surface area contributed by atoms with Gasteiger partial charge in [0.2, 0.25) is 0 Å². The predicted molar refractivity (Wildman–Crippen MR) is 66.1 cm³/mol. The van der Waals surface area contributed by atoms with Gasteiger partial charge >= 0.3 is 0 Å². The molecule has 104 valence electrons. The van der Waals surface area contributed by atoms with Gasteiger partial charge in [0.25, 0.3) is 5.91 Å². The minimum atomic E-state index is -0.782. The molecular formula is C13H10F3N3O. The fourth-order valence-electron chi connectivity index (χ4n) is 1.57. The van der Waals surface area contributed by atoms with Gasteiger partial charge in [-0.3, -0.25) is 4.79 Å². The van der Waals surface area contributed by atoms with E-state index in [0.29, 0.717) is 6.07 Å². The molecule has 0 aliphatic carbocycles. The lowest BCUT2D eigenvalue weighted by Crippen LogP contribution is -2.24. The SMILES string of the molecule is Nc1ncc(F)cc1C(=O)NCc1ccc(F)cc1F. The highest BCUT2D eigenvalue weighted by Crippen LogP contribution is 2.12. The Kier molecular flexibility index (Phi) is 3.88. The van der Waals surface area contributed by atoms with Gasteiger partial charge < -0.3 is 11.1 Å². The zero-order chi connectivity index (χ0) is 14.7. The number of amides is 1. The molecule has 7 heteroatoms. The third kappa shape index (κ3) is 3.05. The van der Waals surface area contributed by atoms with E-state index < -0.39 is 23.4 Å². The van der Waals surface area contributed by atoms with Crippen LogP contribution < -0.4 is 11.1 Å². The molecule has 0 saturated heterocycles. The standard InChI is InChI=1S/C13H10F3N3O/c14-8-2-1-7(11(16)4-8)5-19-13(20)10-3-9(15)6-18-12(10)17/h1-4,6H,5H2,(H2,17,18)(H,19,20). The number of pyridine rings is 1. The van der Waals surface area contributed by atoms with E-state index in [1.807, 2.05) is 0 Å². The second-order valence-electron chi connectivity index (χ2n) is 4.00. The van der Waals surface area contributed by atoms with E-state index in [1.54, 1.807) is 0 Å². The molecule has 0 radical (unpaired) electrons. The van der Waals surface area contributed by atoms with Crippen LogP contribution in [0, 0.1) is 17.5 Å². The maximum Gasteiger partial charge on any atom is 0.255 e. The molecule has 0 aliphatic rings. The lowest BCUT2D eigenvalue weighted by atomic mass is 10.2. The Balaban J connectivity index is 2.10. The van der Waals surface area contributed by atoms with E-state index in [1.165, 1.54) is 6.07 Å². The smallest absolute Gasteiger partial charge is 0.255 e. The van der Waals surface area contributed by atoms with Crippen molar-refractivity contribution in [1.29, 1.82) is 0 Å². The Bertz CT molecular complexity index is 661. The van der Waals surface area contributed by atoms with Crippen LogP contribution in [0.1, 0.15) is 15.9 Å². The summed E-state index contributed by atoms with van der Waals surface area (Å²) in [5.74, 6) is -3.04. The number of nitrogens with zero attached hydrogens (tertiary/aromatic N) is 1. The number of nitrogens with two attached hydrogens (primary N) is 1. The number of nitrogens with one attached hydrogen (secondary N) is 1. The van der Waals surface area contributed by atoms with Gasteiger partial charge in [0, 0.05) is 18.2 Å². The second-order valence-corrected chi connectivity index (χ2v) is 4.00. The first kappa shape index (κ1) is 13.9. The lowest BCUT2D eigenvalue weighted by Gasteiger charge is -2.08. The zero-order valence-electron chi connectivity index (χ0n) is 10.2.